The Morgan fingerprint density at radius 2 is 1.80 bits per heavy atom. The molecule has 2 fully saturated rings. The number of ether oxygens (including phenoxy) is 3. The third kappa shape index (κ3) is 10.6. The van der Waals surface area contributed by atoms with E-state index in [1.807, 2.05) is 43.9 Å². The lowest BCUT2D eigenvalue weighted by Crippen LogP contribution is -2.70. The molecule has 9 nitrogen and oxygen atoms in total. The molecule has 0 bridgehead atoms. The molecule has 6 rings (SSSR count). The van der Waals surface area contributed by atoms with Crippen molar-refractivity contribution in [2.24, 2.45) is 28.8 Å². The highest BCUT2D eigenvalue weighted by Crippen LogP contribution is 2.62. The predicted molar refractivity (Wildman–Crippen MR) is 230 cm³/mol. The van der Waals surface area contributed by atoms with Crippen LogP contribution in [0.3, 0.4) is 0 Å². The van der Waals surface area contributed by atoms with Gasteiger partial charge in [-0.25, -0.2) is 4.39 Å². The molecule has 1 aliphatic heterocycles. The first-order valence-electron chi connectivity index (χ1n) is 22.5. The molecular formula is C49H69FN2O7. The predicted octanol–water partition coefficient (Wildman–Crippen LogP) is 10.0. The van der Waals surface area contributed by atoms with E-state index in [0.29, 0.717) is 55.2 Å². The van der Waals surface area contributed by atoms with Gasteiger partial charge in [0.1, 0.15) is 35.6 Å². The lowest BCUT2D eigenvalue weighted by atomic mass is 9.55. The highest BCUT2D eigenvalue weighted by molar-refractivity contribution is 6.03. The number of hydrogen-bond acceptors (Lipinski definition) is 8. The molecule has 4 aliphatic rings. The van der Waals surface area contributed by atoms with E-state index < -0.39 is 23.3 Å². The molecule has 1 heterocycles. The van der Waals surface area contributed by atoms with Crippen molar-refractivity contribution in [2.45, 2.75) is 148 Å². The Bertz CT molecular complexity index is 1770. The van der Waals surface area contributed by atoms with E-state index >= 15 is 0 Å². The highest BCUT2D eigenvalue weighted by atomic mass is 19.1. The van der Waals surface area contributed by atoms with Crippen molar-refractivity contribution in [1.82, 2.24) is 4.90 Å². The van der Waals surface area contributed by atoms with E-state index in [1.54, 1.807) is 24.3 Å². The number of oxime groups is 1. The number of nitrogens with zero attached hydrogens (tertiary/aromatic N) is 2. The number of aliphatic hydroxyl groups is 2. The number of unbranched alkanes of at least 4 members (excludes halogenated alkanes) is 2. The van der Waals surface area contributed by atoms with Crippen molar-refractivity contribution in [2.75, 3.05) is 26.4 Å². The summed E-state index contributed by atoms with van der Waals surface area (Å²) in [4.78, 5) is 23.0. The SMILES string of the molecule is C=CCO[C@@]12Oc3ccc(OCc4ccccc4F)cc3[C@H]3[C@H](CCCCO)[C@@H](CCCCO)C=C(C(=NOC(C)(C)C)C[C@@H]1N(CCC)C(=O)CCC1CCCC1)[C@H]32. The number of carbonyl (C=O) groups excluding carboxylic acids is 1. The van der Waals surface area contributed by atoms with Gasteiger partial charge in [-0.2, -0.15) is 0 Å². The maximum absolute atomic E-state index is 14.7. The van der Waals surface area contributed by atoms with Gasteiger partial charge in [-0.3, -0.25) is 4.79 Å². The molecule has 10 heteroatoms. The molecule has 0 aromatic heterocycles. The smallest absolute Gasteiger partial charge is 0.239 e. The Hall–Kier alpha value is -3.73. The van der Waals surface area contributed by atoms with Gasteiger partial charge in [0.2, 0.25) is 11.7 Å². The van der Waals surface area contributed by atoms with E-state index in [4.69, 9.17) is 24.2 Å². The van der Waals surface area contributed by atoms with Crippen LogP contribution in [-0.2, 0) is 21.0 Å². The quantitative estimate of drug-likeness (QED) is 0.0734. The minimum absolute atomic E-state index is 0.0691. The van der Waals surface area contributed by atoms with Crippen LogP contribution in [0.25, 0.3) is 0 Å². The minimum atomic E-state index is -1.29. The van der Waals surface area contributed by atoms with Crippen molar-refractivity contribution in [3.8, 4) is 11.5 Å². The summed E-state index contributed by atoms with van der Waals surface area (Å²) in [6.07, 6.45) is 16.2. The summed E-state index contributed by atoms with van der Waals surface area (Å²) < 4.78 is 35.6. The second kappa shape index (κ2) is 20.7. The Morgan fingerprint density at radius 3 is 2.49 bits per heavy atom. The highest BCUT2D eigenvalue weighted by Gasteiger charge is 2.65. The molecule has 324 valence electrons. The van der Waals surface area contributed by atoms with Gasteiger partial charge in [0.05, 0.1) is 18.2 Å². The summed E-state index contributed by atoms with van der Waals surface area (Å²) in [5.41, 5.74) is 2.68. The van der Waals surface area contributed by atoms with Crippen LogP contribution in [0.1, 0.15) is 135 Å². The molecular weight excluding hydrogens is 748 g/mol. The number of rotatable bonds is 21. The lowest BCUT2D eigenvalue weighted by Gasteiger charge is -2.60. The third-order valence-corrected chi connectivity index (χ3v) is 12.8. The minimum Gasteiger partial charge on any atom is -0.489 e. The molecule has 0 radical (unpaired) electrons. The van der Waals surface area contributed by atoms with Gasteiger partial charge in [0, 0.05) is 49.6 Å². The van der Waals surface area contributed by atoms with Crippen LogP contribution in [-0.4, -0.2) is 70.5 Å². The summed E-state index contributed by atoms with van der Waals surface area (Å²) in [7, 11) is 0. The Balaban J connectivity index is 1.54. The number of carbonyl (C=O) groups is 1. The van der Waals surface area contributed by atoms with Crippen molar-refractivity contribution in [3.05, 3.63) is 83.7 Å². The molecule has 2 aromatic carbocycles. The average Bonchev–Trinajstić information content (AvgIpc) is 3.75. The summed E-state index contributed by atoms with van der Waals surface area (Å²) in [6.45, 7) is 13.2. The molecule has 0 unspecified atom stereocenters. The van der Waals surface area contributed by atoms with E-state index in [1.165, 1.54) is 31.7 Å². The number of allylic oxidation sites excluding steroid dienone is 1. The van der Waals surface area contributed by atoms with Crippen LogP contribution in [0, 0.1) is 29.5 Å². The lowest BCUT2D eigenvalue weighted by molar-refractivity contribution is -0.257. The largest absolute Gasteiger partial charge is 0.489 e. The summed E-state index contributed by atoms with van der Waals surface area (Å²) in [5.74, 6) is -0.0279. The maximum atomic E-state index is 14.7. The molecule has 1 amide bonds. The van der Waals surface area contributed by atoms with Crippen molar-refractivity contribution in [3.63, 3.8) is 0 Å². The molecule has 2 N–H and O–H groups in total. The van der Waals surface area contributed by atoms with Gasteiger partial charge in [0.25, 0.3) is 0 Å². The zero-order valence-electron chi connectivity index (χ0n) is 36.0. The maximum Gasteiger partial charge on any atom is 0.239 e. The first-order valence-corrected chi connectivity index (χ1v) is 22.5. The number of benzene rings is 2. The Kier molecular flexibility index (Phi) is 15.7. The average molecular weight is 817 g/mol. The summed E-state index contributed by atoms with van der Waals surface area (Å²) in [5, 5.41) is 24.8. The van der Waals surface area contributed by atoms with Crippen LogP contribution >= 0.6 is 0 Å². The fourth-order valence-corrected chi connectivity index (χ4v) is 10.2. The number of aliphatic hydroxyl groups excluding tert-OH is 2. The monoisotopic (exact) mass is 817 g/mol. The first-order chi connectivity index (χ1) is 28.5. The molecule has 2 aromatic rings. The zero-order valence-corrected chi connectivity index (χ0v) is 36.0. The Morgan fingerprint density at radius 1 is 1.05 bits per heavy atom. The molecule has 6 atom stereocenters. The number of fused-ring (bicyclic) bond motifs is 2. The molecule has 0 saturated heterocycles. The summed E-state index contributed by atoms with van der Waals surface area (Å²) in [6, 6.07) is 12.0. The second-order valence-electron chi connectivity index (χ2n) is 18.1. The van der Waals surface area contributed by atoms with Crippen LogP contribution in [0.5, 0.6) is 11.5 Å². The van der Waals surface area contributed by atoms with Gasteiger partial charge in [0.15, 0.2) is 0 Å². The zero-order chi connectivity index (χ0) is 42.0. The van der Waals surface area contributed by atoms with Gasteiger partial charge in [-0.15, -0.1) is 6.58 Å². The van der Waals surface area contributed by atoms with Crippen LogP contribution in [0.4, 0.5) is 4.39 Å². The van der Waals surface area contributed by atoms with E-state index in [-0.39, 0.29) is 55.9 Å². The van der Waals surface area contributed by atoms with Crippen molar-refractivity contribution < 1.29 is 38.4 Å². The summed E-state index contributed by atoms with van der Waals surface area (Å²) >= 11 is 0. The fourth-order valence-electron chi connectivity index (χ4n) is 10.2. The van der Waals surface area contributed by atoms with Gasteiger partial charge >= 0.3 is 0 Å². The first kappa shape index (κ1) is 44.8. The van der Waals surface area contributed by atoms with Crippen LogP contribution < -0.4 is 9.47 Å². The van der Waals surface area contributed by atoms with Gasteiger partial charge in [-0.1, -0.05) is 81.0 Å². The molecule has 0 spiro atoms. The topological polar surface area (TPSA) is 110 Å². The standard InChI is InChI=1S/C49H69FN2O7/c1-6-26-52(45(55)25-22-34-16-8-9-17-34)44-32-42(51-59-48(3,4)5)39-30-35(18-12-14-27-53)38(20-13-15-28-54)46-40-31-37(56-33-36-19-10-11-21-41(36)50)23-24-43(40)58-49(44,47(39)46)57-29-7-2/h7,10-11,19,21,23-24,30-31,34-35,38,44,46-47,53-54H,2,6,8-9,12-18,20,22,25-29,32-33H2,1,3-5H3/t35-,38+,44-,46+,47+,49+/m0/s1. The van der Waals surface area contributed by atoms with E-state index in [0.717, 1.165) is 55.4 Å². The normalized spacial score (nSPS) is 25.8. The molecule has 3 aliphatic carbocycles. The van der Waals surface area contributed by atoms with Crippen molar-refractivity contribution in [1.29, 1.82) is 0 Å². The van der Waals surface area contributed by atoms with Gasteiger partial charge in [-0.05, 0) is 107 Å². The van der Waals surface area contributed by atoms with E-state index in [2.05, 4.69) is 19.6 Å². The number of amides is 1. The van der Waals surface area contributed by atoms with Gasteiger partial charge < -0.3 is 34.2 Å². The van der Waals surface area contributed by atoms with E-state index in [9.17, 15) is 19.4 Å². The molecule has 2 saturated carbocycles. The second-order valence-corrected chi connectivity index (χ2v) is 18.1. The molecule has 59 heavy (non-hydrogen) atoms. The number of halogens is 1. The van der Waals surface area contributed by atoms with Crippen LogP contribution in [0.15, 0.2) is 71.9 Å². The Labute approximate surface area is 352 Å². The van der Waals surface area contributed by atoms with Crippen molar-refractivity contribution >= 4 is 11.6 Å². The fraction of sp³-hybridized carbons (Fsp3) is 0.633. The number of hydrogen-bond donors (Lipinski definition) is 2. The van der Waals surface area contributed by atoms with Crippen LogP contribution in [0.2, 0.25) is 0 Å². The third-order valence-electron chi connectivity index (χ3n) is 12.8.